The molecular weight excluding hydrogens is 654 g/mol. The van der Waals surface area contributed by atoms with Crippen LogP contribution in [0.5, 0.6) is 0 Å². The lowest BCUT2D eigenvalue weighted by Gasteiger charge is -2.49. The maximum absolute atomic E-state index is 4.85. The molecule has 3 aliphatic rings. The molecule has 4 nitrogen and oxygen atoms in total. The Hall–Kier alpha value is -6.13. The Bertz CT molecular complexity index is 2700. The van der Waals surface area contributed by atoms with Gasteiger partial charge in [0.15, 0.2) is 0 Å². The van der Waals surface area contributed by atoms with Crippen LogP contribution >= 0.6 is 0 Å². The molecule has 0 aliphatic carbocycles. The van der Waals surface area contributed by atoms with Gasteiger partial charge in [-0.25, -0.2) is 0 Å². The predicted molar refractivity (Wildman–Crippen MR) is 231 cm³/mol. The molecule has 0 atom stereocenters. The van der Waals surface area contributed by atoms with E-state index in [1.807, 2.05) is 12.4 Å². The van der Waals surface area contributed by atoms with Crippen LogP contribution < -0.4 is 42.6 Å². The first-order chi connectivity index (χ1) is 26.3. The van der Waals surface area contributed by atoms with Gasteiger partial charge >= 0.3 is 0 Å². The van der Waals surface area contributed by atoms with E-state index in [0.29, 0.717) is 0 Å². The first-order valence-electron chi connectivity index (χ1n) is 19.0. The molecule has 11 rings (SSSR count). The quantitative estimate of drug-likeness (QED) is 0.175. The largest absolute Gasteiger partial charge is 0.306 e. The summed E-state index contributed by atoms with van der Waals surface area (Å²) in [5.74, 6) is 0. The van der Waals surface area contributed by atoms with Crippen molar-refractivity contribution in [3.8, 4) is 0 Å². The van der Waals surface area contributed by atoms with Crippen molar-refractivity contribution in [1.82, 2.24) is 9.97 Å². The Balaban J connectivity index is 1.34. The Labute approximate surface area is 317 Å². The van der Waals surface area contributed by atoms with Crippen molar-refractivity contribution in [2.45, 2.75) is 41.5 Å². The number of hydrogen-bond donors (Lipinski definition) is 0. The third-order valence-corrected chi connectivity index (χ3v) is 12.4. The molecule has 6 aromatic carbocycles. The van der Waals surface area contributed by atoms with Gasteiger partial charge in [-0.05, 0) is 109 Å². The summed E-state index contributed by atoms with van der Waals surface area (Å²) < 4.78 is 0. The monoisotopic (exact) mass is 692 g/mol. The average molecular weight is 692 g/mol. The van der Waals surface area contributed by atoms with E-state index in [1.165, 1.54) is 110 Å². The molecule has 54 heavy (non-hydrogen) atoms. The number of rotatable bonds is 2. The number of hydrogen-bond acceptors (Lipinski definition) is 4. The van der Waals surface area contributed by atoms with Crippen LogP contribution in [0.1, 0.15) is 33.4 Å². The highest BCUT2D eigenvalue weighted by Crippen LogP contribution is 2.56. The molecule has 0 spiro atoms. The van der Waals surface area contributed by atoms with Gasteiger partial charge < -0.3 is 9.80 Å². The Morgan fingerprint density at radius 3 is 1.22 bits per heavy atom. The third-order valence-electron chi connectivity index (χ3n) is 12.4. The van der Waals surface area contributed by atoms with E-state index in [2.05, 4.69) is 161 Å². The second-order valence-corrected chi connectivity index (χ2v) is 15.8. The minimum Gasteiger partial charge on any atom is -0.306 e. The molecular formula is C48H38B2N4. The summed E-state index contributed by atoms with van der Waals surface area (Å²) in [4.78, 5) is 14.8. The molecule has 5 heterocycles. The second-order valence-electron chi connectivity index (χ2n) is 15.8. The van der Waals surface area contributed by atoms with Gasteiger partial charge in [-0.15, -0.1) is 0 Å². The first-order valence-corrected chi connectivity index (χ1v) is 19.0. The number of benzene rings is 6. The van der Waals surface area contributed by atoms with E-state index >= 15 is 0 Å². The number of nitrogens with zero attached hydrogens (tertiary/aromatic N) is 4. The standard InChI is InChI=1S/C48H38B2N4/c1-27-19-29(3)43(30(4)20-27)49-37-15-17-51-25-41(37)53-40-24-34-12-8-10-14-36(34)46-48(40)54(39-23-33-11-7-9-13-35(33)45(49)47(39)53)42-26-52-18-16-38(42)50(46)44-31(5)21-28(2)22-32(44)6/h7-26H,1-6H3. The summed E-state index contributed by atoms with van der Waals surface area (Å²) in [6, 6.07) is 36.8. The van der Waals surface area contributed by atoms with Crippen LogP contribution in [0.2, 0.25) is 0 Å². The summed E-state index contributed by atoms with van der Waals surface area (Å²) in [6.07, 6.45) is 8.16. The summed E-state index contributed by atoms with van der Waals surface area (Å²) in [5, 5.41) is 5.04. The molecule has 2 aromatic heterocycles. The van der Waals surface area contributed by atoms with E-state index in [1.54, 1.807) is 0 Å². The van der Waals surface area contributed by atoms with Gasteiger partial charge in [-0.2, -0.15) is 0 Å². The van der Waals surface area contributed by atoms with E-state index < -0.39 is 0 Å². The van der Waals surface area contributed by atoms with Gasteiger partial charge in [-0.1, -0.05) is 117 Å². The lowest BCUT2D eigenvalue weighted by molar-refractivity contribution is 1.16. The number of aryl methyl sites for hydroxylation is 6. The van der Waals surface area contributed by atoms with Gasteiger partial charge in [0.05, 0.1) is 46.5 Å². The van der Waals surface area contributed by atoms with Crippen LogP contribution in [0.4, 0.5) is 34.1 Å². The Morgan fingerprint density at radius 2 is 0.815 bits per heavy atom. The minimum atomic E-state index is 0.0185. The van der Waals surface area contributed by atoms with Crippen molar-refractivity contribution in [2.24, 2.45) is 0 Å². The number of aromatic nitrogens is 2. The lowest BCUT2D eigenvalue weighted by Crippen LogP contribution is -2.62. The molecule has 3 aliphatic heterocycles. The smallest absolute Gasteiger partial charge is 0.248 e. The normalized spacial score (nSPS) is 13.6. The zero-order chi connectivity index (χ0) is 36.6. The highest BCUT2D eigenvalue weighted by molar-refractivity contribution is 7.01. The fourth-order valence-electron chi connectivity index (χ4n) is 10.7. The van der Waals surface area contributed by atoms with Gasteiger partial charge in [0, 0.05) is 12.4 Å². The predicted octanol–water partition coefficient (Wildman–Crippen LogP) is 7.55. The van der Waals surface area contributed by atoms with Crippen molar-refractivity contribution >= 4 is 102 Å². The van der Waals surface area contributed by atoms with Crippen LogP contribution in [0.25, 0.3) is 21.5 Å². The van der Waals surface area contributed by atoms with Crippen LogP contribution in [0.15, 0.2) is 122 Å². The van der Waals surface area contributed by atoms with E-state index in [9.17, 15) is 0 Å². The molecule has 0 saturated carbocycles. The van der Waals surface area contributed by atoms with Crippen LogP contribution in [-0.4, -0.2) is 23.4 Å². The fourth-order valence-corrected chi connectivity index (χ4v) is 10.7. The lowest BCUT2D eigenvalue weighted by atomic mass is 9.32. The zero-order valence-corrected chi connectivity index (χ0v) is 31.5. The molecule has 0 bridgehead atoms. The number of anilines is 6. The van der Waals surface area contributed by atoms with Gasteiger partial charge in [0.2, 0.25) is 13.4 Å². The molecule has 8 aromatic rings. The molecule has 0 saturated heterocycles. The van der Waals surface area contributed by atoms with Crippen molar-refractivity contribution < 1.29 is 0 Å². The SMILES string of the molecule is Cc1cc(C)c(B2c3ccncc3N3c4cc5ccccc5c5c4N(c4cnccc4B5c4c(C)cc(C)cc4C)c4cc5ccccc5c2c43)c(C)c1. The van der Waals surface area contributed by atoms with E-state index in [4.69, 9.17) is 9.97 Å². The molecule has 0 N–H and O–H groups in total. The summed E-state index contributed by atoms with van der Waals surface area (Å²) in [5.41, 5.74) is 23.0. The molecule has 256 valence electrons. The fraction of sp³-hybridized carbons (Fsp3) is 0.125. The molecule has 0 amide bonds. The Morgan fingerprint density at radius 1 is 0.426 bits per heavy atom. The van der Waals surface area contributed by atoms with Crippen molar-refractivity contribution in [3.05, 3.63) is 155 Å². The average Bonchev–Trinajstić information content (AvgIpc) is 3.16. The summed E-state index contributed by atoms with van der Waals surface area (Å²) in [7, 11) is 0. The zero-order valence-electron chi connectivity index (χ0n) is 31.5. The van der Waals surface area contributed by atoms with Crippen LogP contribution in [0.3, 0.4) is 0 Å². The van der Waals surface area contributed by atoms with Gasteiger partial charge in [0.25, 0.3) is 0 Å². The molecule has 0 unspecified atom stereocenters. The molecule has 0 radical (unpaired) electrons. The minimum absolute atomic E-state index is 0.0185. The summed E-state index contributed by atoms with van der Waals surface area (Å²) >= 11 is 0. The Kier molecular flexibility index (Phi) is 6.51. The maximum atomic E-state index is 4.85. The van der Waals surface area contributed by atoms with Crippen molar-refractivity contribution in [3.63, 3.8) is 0 Å². The first kappa shape index (κ1) is 31.4. The number of fused-ring (bicyclic) bond motifs is 10. The maximum Gasteiger partial charge on any atom is 0.248 e. The third kappa shape index (κ3) is 4.11. The summed E-state index contributed by atoms with van der Waals surface area (Å²) in [6.45, 7) is 13.6. The van der Waals surface area contributed by atoms with Crippen LogP contribution in [-0.2, 0) is 0 Å². The van der Waals surface area contributed by atoms with Gasteiger partial charge in [-0.3, -0.25) is 9.97 Å². The van der Waals surface area contributed by atoms with Crippen molar-refractivity contribution in [1.29, 1.82) is 0 Å². The highest BCUT2D eigenvalue weighted by atomic mass is 15.3. The van der Waals surface area contributed by atoms with Gasteiger partial charge in [0.1, 0.15) is 0 Å². The molecule has 0 fully saturated rings. The number of pyridine rings is 2. The topological polar surface area (TPSA) is 32.3 Å². The van der Waals surface area contributed by atoms with Crippen LogP contribution in [0, 0.1) is 41.5 Å². The van der Waals surface area contributed by atoms with E-state index in [-0.39, 0.29) is 13.4 Å². The molecule has 6 heteroatoms. The van der Waals surface area contributed by atoms with Crippen molar-refractivity contribution in [2.75, 3.05) is 9.80 Å². The highest BCUT2D eigenvalue weighted by Gasteiger charge is 2.48. The van der Waals surface area contributed by atoms with E-state index in [0.717, 1.165) is 11.4 Å². The second kappa shape index (κ2) is 11.2.